The van der Waals surface area contributed by atoms with E-state index in [9.17, 15) is 4.79 Å². The zero-order valence-electron chi connectivity index (χ0n) is 7.20. The van der Waals surface area contributed by atoms with Crippen molar-refractivity contribution in [2.75, 3.05) is 5.32 Å². The molecule has 1 N–H and O–H groups in total. The molecule has 0 radical (unpaired) electrons. The molecule has 1 aromatic heterocycles. The number of benzene rings is 1. The third kappa shape index (κ3) is 1.67. The van der Waals surface area contributed by atoms with Gasteiger partial charge in [-0.05, 0) is 23.6 Å². The fraction of sp³-hybridized carbons (Fsp3) is 0. The lowest BCUT2D eigenvalue weighted by Gasteiger charge is -2.01. The zero-order valence-corrected chi connectivity index (χ0v) is 7.95. The van der Waals surface area contributed by atoms with Crippen LogP contribution < -0.4 is 5.32 Å². The van der Waals surface area contributed by atoms with Gasteiger partial charge in [-0.2, -0.15) is 0 Å². The second kappa shape index (κ2) is 3.64. The third-order valence-electron chi connectivity index (χ3n) is 1.91. The SMILES string of the molecule is O=CNc1ccc2cnc(Cl)cc2c1. The van der Waals surface area contributed by atoms with Crippen LogP contribution in [0.1, 0.15) is 0 Å². The minimum absolute atomic E-state index is 0.445. The Balaban J connectivity index is 2.57. The van der Waals surface area contributed by atoms with Gasteiger partial charge in [0.05, 0.1) is 0 Å². The number of rotatable bonds is 2. The average molecular weight is 207 g/mol. The van der Waals surface area contributed by atoms with Gasteiger partial charge in [0.2, 0.25) is 6.41 Å². The molecule has 1 heterocycles. The molecule has 0 bridgehead atoms. The summed E-state index contributed by atoms with van der Waals surface area (Å²) in [6.45, 7) is 0. The average Bonchev–Trinajstić information content (AvgIpc) is 2.17. The number of amides is 1. The lowest BCUT2D eigenvalue weighted by molar-refractivity contribution is -0.105. The predicted molar refractivity (Wildman–Crippen MR) is 56.4 cm³/mol. The normalized spacial score (nSPS) is 10.1. The number of halogens is 1. The lowest BCUT2D eigenvalue weighted by Crippen LogP contribution is -1.92. The molecule has 0 saturated heterocycles. The largest absolute Gasteiger partial charge is 0.329 e. The van der Waals surface area contributed by atoms with Crippen molar-refractivity contribution in [3.63, 3.8) is 0 Å². The van der Waals surface area contributed by atoms with E-state index in [1.54, 1.807) is 12.3 Å². The maximum Gasteiger partial charge on any atom is 0.211 e. The topological polar surface area (TPSA) is 42.0 Å². The summed E-state index contributed by atoms with van der Waals surface area (Å²) in [6.07, 6.45) is 2.34. The van der Waals surface area contributed by atoms with Crippen LogP contribution in [0.2, 0.25) is 5.15 Å². The highest BCUT2D eigenvalue weighted by molar-refractivity contribution is 6.30. The minimum Gasteiger partial charge on any atom is -0.329 e. The van der Waals surface area contributed by atoms with Gasteiger partial charge in [-0.1, -0.05) is 17.7 Å². The number of carbonyl (C=O) groups is 1. The molecular weight excluding hydrogens is 200 g/mol. The van der Waals surface area contributed by atoms with Gasteiger partial charge >= 0.3 is 0 Å². The van der Waals surface area contributed by atoms with Crippen molar-refractivity contribution in [3.8, 4) is 0 Å². The number of anilines is 1. The first-order chi connectivity index (χ1) is 6.79. The van der Waals surface area contributed by atoms with E-state index in [-0.39, 0.29) is 0 Å². The molecule has 0 atom stereocenters. The van der Waals surface area contributed by atoms with Gasteiger partial charge in [0, 0.05) is 17.3 Å². The summed E-state index contributed by atoms with van der Waals surface area (Å²) in [4.78, 5) is 14.2. The highest BCUT2D eigenvalue weighted by atomic mass is 35.5. The number of carbonyl (C=O) groups excluding carboxylic acids is 1. The fourth-order valence-corrected chi connectivity index (χ4v) is 1.44. The summed E-state index contributed by atoms with van der Waals surface area (Å²) in [5, 5.41) is 4.97. The first-order valence-electron chi connectivity index (χ1n) is 4.05. The first kappa shape index (κ1) is 8.97. The number of nitrogens with zero attached hydrogens (tertiary/aromatic N) is 1. The summed E-state index contributed by atoms with van der Waals surface area (Å²) < 4.78 is 0. The van der Waals surface area contributed by atoms with Crippen molar-refractivity contribution in [2.45, 2.75) is 0 Å². The maximum atomic E-state index is 10.2. The highest BCUT2D eigenvalue weighted by Gasteiger charge is 1.97. The van der Waals surface area contributed by atoms with Crippen LogP contribution in [-0.4, -0.2) is 11.4 Å². The van der Waals surface area contributed by atoms with Crippen LogP contribution >= 0.6 is 11.6 Å². The van der Waals surface area contributed by atoms with Crippen molar-refractivity contribution in [2.24, 2.45) is 0 Å². The molecule has 1 aromatic carbocycles. The summed E-state index contributed by atoms with van der Waals surface area (Å²) in [5.41, 5.74) is 0.745. The molecule has 0 fully saturated rings. The Hall–Kier alpha value is -1.61. The van der Waals surface area contributed by atoms with E-state index < -0.39 is 0 Å². The van der Waals surface area contributed by atoms with Gasteiger partial charge in [-0.3, -0.25) is 4.79 Å². The van der Waals surface area contributed by atoms with Crippen LogP contribution in [0.25, 0.3) is 10.8 Å². The maximum absolute atomic E-state index is 10.2. The fourth-order valence-electron chi connectivity index (χ4n) is 1.27. The minimum atomic E-state index is 0.445. The standard InChI is InChI=1S/C10H7ClN2O/c11-10-4-8-3-9(13-6-14)2-1-7(8)5-12-10/h1-6H,(H,13,14). The molecule has 0 unspecified atom stereocenters. The molecule has 0 spiro atoms. The molecule has 70 valence electrons. The Morgan fingerprint density at radius 1 is 1.29 bits per heavy atom. The molecule has 0 saturated carbocycles. The number of fused-ring (bicyclic) bond motifs is 1. The lowest BCUT2D eigenvalue weighted by atomic mass is 10.1. The smallest absolute Gasteiger partial charge is 0.211 e. The molecule has 2 aromatic rings. The number of hydrogen-bond donors (Lipinski definition) is 1. The van der Waals surface area contributed by atoms with Crippen LogP contribution in [0, 0.1) is 0 Å². The van der Waals surface area contributed by atoms with E-state index in [2.05, 4.69) is 10.3 Å². The molecule has 4 heteroatoms. The van der Waals surface area contributed by atoms with Gasteiger partial charge in [0.1, 0.15) is 5.15 Å². The van der Waals surface area contributed by atoms with E-state index in [1.165, 1.54) is 0 Å². The number of aromatic nitrogens is 1. The van der Waals surface area contributed by atoms with E-state index in [4.69, 9.17) is 11.6 Å². The summed E-state index contributed by atoms with van der Waals surface area (Å²) in [5.74, 6) is 0. The van der Waals surface area contributed by atoms with Crippen LogP contribution in [0.3, 0.4) is 0 Å². The summed E-state index contributed by atoms with van der Waals surface area (Å²) in [7, 11) is 0. The Morgan fingerprint density at radius 3 is 2.93 bits per heavy atom. The molecule has 0 aliphatic rings. The van der Waals surface area contributed by atoms with Crippen molar-refractivity contribution < 1.29 is 4.79 Å². The Labute approximate surface area is 85.7 Å². The van der Waals surface area contributed by atoms with Gasteiger partial charge in [0.25, 0.3) is 0 Å². The number of pyridine rings is 1. The van der Waals surface area contributed by atoms with Crippen molar-refractivity contribution in [1.82, 2.24) is 4.98 Å². The molecule has 1 amide bonds. The quantitative estimate of drug-likeness (QED) is 0.606. The molecule has 2 rings (SSSR count). The second-order valence-corrected chi connectivity index (χ2v) is 3.22. The Bertz CT molecular complexity index is 485. The zero-order chi connectivity index (χ0) is 9.97. The van der Waals surface area contributed by atoms with Crippen LogP contribution in [0.15, 0.2) is 30.5 Å². The second-order valence-electron chi connectivity index (χ2n) is 2.83. The van der Waals surface area contributed by atoms with Crippen LogP contribution in [-0.2, 0) is 4.79 Å². The van der Waals surface area contributed by atoms with Crippen molar-refractivity contribution in [3.05, 3.63) is 35.6 Å². The monoisotopic (exact) mass is 206 g/mol. The van der Waals surface area contributed by atoms with E-state index in [0.29, 0.717) is 11.6 Å². The third-order valence-corrected chi connectivity index (χ3v) is 2.12. The molecule has 14 heavy (non-hydrogen) atoms. The number of nitrogens with one attached hydrogen (secondary N) is 1. The van der Waals surface area contributed by atoms with Crippen LogP contribution in [0.5, 0.6) is 0 Å². The molecule has 0 aliphatic heterocycles. The van der Waals surface area contributed by atoms with E-state index in [0.717, 1.165) is 16.5 Å². The van der Waals surface area contributed by atoms with Crippen molar-refractivity contribution in [1.29, 1.82) is 0 Å². The highest BCUT2D eigenvalue weighted by Crippen LogP contribution is 2.20. The summed E-state index contributed by atoms with van der Waals surface area (Å²) in [6, 6.07) is 7.29. The van der Waals surface area contributed by atoms with Crippen LogP contribution in [0.4, 0.5) is 5.69 Å². The number of hydrogen-bond acceptors (Lipinski definition) is 2. The van der Waals surface area contributed by atoms with Gasteiger partial charge in [0.15, 0.2) is 0 Å². The Morgan fingerprint density at radius 2 is 2.14 bits per heavy atom. The molecule has 3 nitrogen and oxygen atoms in total. The first-order valence-corrected chi connectivity index (χ1v) is 4.43. The molecular formula is C10H7ClN2O. The van der Waals surface area contributed by atoms with Gasteiger partial charge in [-0.15, -0.1) is 0 Å². The van der Waals surface area contributed by atoms with Crippen molar-refractivity contribution >= 4 is 34.5 Å². The predicted octanol–water partition coefficient (Wildman–Crippen LogP) is 2.46. The van der Waals surface area contributed by atoms with Gasteiger partial charge < -0.3 is 5.32 Å². The summed E-state index contributed by atoms with van der Waals surface area (Å²) >= 11 is 5.75. The Kier molecular flexibility index (Phi) is 2.33. The van der Waals surface area contributed by atoms with E-state index >= 15 is 0 Å². The van der Waals surface area contributed by atoms with Gasteiger partial charge in [-0.25, -0.2) is 4.98 Å². The molecule has 0 aliphatic carbocycles. The van der Waals surface area contributed by atoms with E-state index in [1.807, 2.05) is 18.2 Å².